The van der Waals surface area contributed by atoms with Crippen molar-refractivity contribution in [2.45, 2.75) is 37.6 Å². The van der Waals surface area contributed by atoms with Gasteiger partial charge < -0.3 is 9.84 Å². The van der Waals surface area contributed by atoms with Gasteiger partial charge in [0.2, 0.25) is 0 Å². The van der Waals surface area contributed by atoms with Crippen LogP contribution in [0.15, 0.2) is 52.1 Å². The lowest BCUT2D eigenvalue weighted by Gasteiger charge is -2.16. The maximum Gasteiger partial charge on any atom is 0.254 e. The number of aryl methyl sites for hydroxylation is 2. The Morgan fingerprint density at radius 3 is 2.81 bits per heavy atom. The Kier molecular flexibility index (Phi) is 6.19. The van der Waals surface area contributed by atoms with Gasteiger partial charge in [-0.1, -0.05) is 28.9 Å². The first kappa shape index (κ1) is 19.5. The van der Waals surface area contributed by atoms with Crippen LogP contribution in [0.2, 0.25) is 5.02 Å². The molecule has 0 aliphatic rings. The number of nitrogens with one attached hydrogen (secondary N) is 1. The Bertz CT molecular complexity index is 938. The molecular formula is C20H20ClN3O2S. The minimum absolute atomic E-state index is 0.170. The van der Waals surface area contributed by atoms with Gasteiger partial charge in [-0.25, -0.2) is 4.98 Å². The maximum absolute atomic E-state index is 12.8. The Balaban J connectivity index is 1.73. The molecule has 3 rings (SSSR count). The van der Waals surface area contributed by atoms with Crippen molar-refractivity contribution in [3.05, 3.63) is 75.8 Å². The fourth-order valence-corrected chi connectivity index (χ4v) is 4.00. The number of thioether (sulfide) groups is 1. The average molecular weight is 402 g/mol. The van der Waals surface area contributed by atoms with Gasteiger partial charge in [-0.15, -0.1) is 11.8 Å². The fraction of sp³-hybridized carbons (Fsp3) is 0.250. The third kappa shape index (κ3) is 4.70. The number of carbonyl (C=O) groups is 1. The Hall–Kier alpha value is -2.31. The van der Waals surface area contributed by atoms with Crippen molar-refractivity contribution in [2.75, 3.05) is 0 Å². The molecule has 0 saturated carbocycles. The topological polar surface area (TPSA) is 68.0 Å². The molecule has 1 atom stereocenters. The SMILES string of the molecule is Cc1noc(C)c1CSc1ncccc1C(=O)N[C@H](C)c1cccc(Cl)c1. The first-order valence-corrected chi connectivity index (χ1v) is 9.88. The number of halogens is 1. The fourth-order valence-electron chi connectivity index (χ4n) is 2.66. The molecule has 27 heavy (non-hydrogen) atoms. The van der Waals surface area contributed by atoms with E-state index in [9.17, 15) is 4.79 Å². The van der Waals surface area contributed by atoms with Gasteiger partial charge in [0, 0.05) is 22.5 Å². The molecule has 0 saturated heterocycles. The van der Waals surface area contributed by atoms with Gasteiger partial charge in [0.05, 0.1) is 17.3 Å². The van der Waals surface area contributed by atoms with Crippen molar-refractivity contribution in [1.29, 1.82) is 0 Å². The molecule has 3 aromatic rings. The molecule has 1 N–H and O–H groups in total. The first-order valence-electron chi connectivity index (χ1n) is 8.51. The van der Waals surface area contributed by atoms with Crippen LogP contribution < -0.4 is 5.32 Å². The molecule has 140 valence electrons. The van der Waals surface area contributed by atoms with Gasteiger partial charge in [0.1, 0.15) is 10.8 Å². The quantitative estimate of drug-likeness (QED) is 0.580. The number of benzene rings is 1. The summed E-state index contributed by atoms with van der Waals surface area (Å²) in [4.78, 5) is 17.2. The van der Waals surface area contributed by atoms with Crippen LogP contribution in [0.5, 0.6) is 0 Å². The van der Waals surface area contributed by atoms with Crippen LogP contribution >= 0.6 is 23.4 Å². The third-order valence-electron chi connectivity index (χ3n) is 4.25. The van der Waals surface area contributed by atoms with E-state index in [0.717, 1.165) is 22.6 Å². The molecule has 2 aromatic heterocycles. The highest BCUT2D eigenvalue weighted by Crippen LogP contribution is 2.27. The second-order valence-electron chi connectivity index (χ2n) is 6.20. The number of rotatable bonds is 6. The van der Waals surface area contributed by atoms with Crippen molar-refractivity contribution in [3.8, 4) is 0 Å². The average Bonchev–Trinajstić information content (AvgIpc) is 2.98. The van der Waals surface area contributed by atoms with Crippen molar-refractivity contribution in [1.82, 2.24) is 15.5 Å². The molecule has 0 spiro atoms. The smallest absolute Gasteiger partial charge is 0.254 e. The van der Waals surface area contributed by atoms with Crippen LogP contribution in [0, 0.1) is 13.8 Å². The first-order chi connectivity index (χ1) is 13.0. The minimum atomic E-state index is -0.170. The van der Waals surface area contributed by atoms with Crippen LogP contribution in [0.3, 0.4) is 0 Å². The zero-order valence-electron chi connectivity index (χ0n) is 15.3. The van der Waals surface area contributed by atoms with Crippen LogP contribution in [-0.2, 0) is 5.75 Å². The number of amides is 1. The molecule has 7 heteroatoms. The number of hydrogen-bond donors (Lipinski definition) is 1. The predicted molar refractivity (Wildman–Crippen MR) is 107 cm³/mol. The third-order valence-corrected chi connectivity index (χ3v) is 5.51. The number of hydrogen-bond acceptors (Lipinski definition) is 5. The minimum Gasteiger partial charge on any atom is -0.361 e. The second kappa shape index (κ2) is 8.59. The summed E-state index contributed by atoms with van der Waals surface area (Å²) in [7, 11) is 0. The van der Waals surface area contributed by atoms with Crippen LogP contribution in [0.25, 0.3) is 0 Å². The summed E-state index contributed by atoms with van der Waals surface area (Å²) in [6, 6.07) is 10.8. The number of pyridine rings is 1. The zero-order chi connectivity index (χ0) is 19.4. The van der Waals surface area contributed by atoms with Gasteiger partial charge in [0.25, 0.3) is 5.91 Å². The van der Waals surface area contributed by atoms with E-state index in [0.29, 0.717) is 21.4 Å². The van der Waals surface area contributed by atoms with Gasteiger partial charge >= 0.3 is 0 Å². The summed E-state index contributed by atoms with van der Waals surface area (Å²) in [6.07, 6.45) is 1.69. The van der Waals surface area contributed by atoms with Crippen molar-refractivity contribution < 1.29 is 9.32 Å². The van der Waals surface area contributed by atoms with E-state index in [1.54, 1.807) is 18.3 Å². The van der Waals surface area contributed by atoms with Crippen molar-refractivity contribution >= 4 is 29.3 Å². The normalized spacial score (nSPS) is 12.0. The number of nitrogens with zero attached hydrogens (tertiary/aromatic N) is 2. The Morgan fingerprint density at radius 2 is 2.11 bits per heavy atom. The van der Waals surface area contributed by atoms with Gasteiger partial charge in [0.15, 0.2) is 0 Å². The summed E-state index contributed by atoms with van der Waals surface area (Å²) in [6.45, 7) is 5.72. The lowest BCUT2D eigenvalue weighted by atomic mass is 10.1. The van der Waals surface area contributed by atoms with E-state index in [4.69, 9.17) is 16.1 Å². The monoisotopic (exact) mass is 401 g/mol. The molecule has 0 aliphatic heterocycles. The molecule has 0 fully saturated rings. The van der Waals surface area contributed by atoms with E-state index >= 15 is 0 Å². The highest BCUT2D eigenvalue weighted by Gasteiger charge is 2.17. The van der Waals surface area contributed by atoms with Crippen LogP contribution in [-0.4, -0.2) is 16.0 Å². The molecule has 1 amide bonds. The predicted octanol–water partition coefficient (Wildman–Crippen LogP) is 5.12. The standard InChI is InChI=1S/C20H20ClN3O2S/c1-12(15-6-4-7-16(21)10-15)23-19(25)17-8-5-9-22-20(17)27-11-18-13(2)24-26-14(18)3/h4-10,12H,11H2,1-3H3,(H,23,25)/t12-/m1/s1. The van der Waals surface area contributed by atoms with Gasteiger partial charge in [-0.3, -0.25) is 4.79 Å². The number of aromatic nitrogens is 2. The second-order valence-corrected chi connectivity index (χ2v) is 7.60. The molecule has 0 radical (unpaired) electrons. The molecule has 0 unspecified atom stereocenters. The molecule has 0 bridgehead atoms. The van der Waals surface area contributed by atoms with Crippen LogP contribution in [0.1, 0.15) is 45.9 Å². The van der Waals surface area contributed by atoms with E-state index in [-0.39, 0.29) is 11.9 Å². The molecular weight excluding hydrogens is 382 g/mol. The highest BCUT2D eigenvalue weighted by atomic mass is 35.5. The zero-order valence-corrected chi connectivity index (χ0v) is 16.9. The van der Waals surface area contributed by atoms with E-state index in [2.05, 4.69) is 15.5 Å². The van der Waals surface area contributed by atoms with Gasteiger partial charge in [-0.05, 0) is 50.6 Å². The summed E-state index contributed by atoms with van der Waals surface area (Å²) >= 11 is 7.54. The molecule has 0 aliphatic carbocycles. The lowest BCUT2D eigenvalue weighted by Crippen LogP contribution is -2.27. The summed E-state index contributed by atoms with van der Waals surface area (Å²) < 4.78 is 5.20. The van der Waals surface area contributed by atoms with E-state index in [1.807, 2.05) is 45.0 Å². The highest BCUT2D eigenvalue weighted by molar-refractivity contribution is 7.98. The van der Waals surface area contributed by atoms with Crippen molar-refractivity contribution in [3.63, 3.8) is 0 Å². The maximum atomic E-state index is 12.8. The van der Waals surface area contributed by atoms with Gasteiger partial charge in [-0.2, -0.15) is 0 Å². The molecule has 1 aromatic carbocycles. The van der Waals surface area contributed by atoms with E-state index in [1.165, 1.54) is 11.8 Å². The molecule has 5 nitrogen and oxygen atoms in total. The molecule has 2 heterocycles. The Labute approximate surface area is 167 Å². The van der Waals surface area contributed by atoms with Crippen molar-refractivity contribution in [2.24, 2.45) is 0 Å². The summed E-state index contributed by atoms with van der Waals surface area (Å²) in [5.41, 5.74) is 3.38. The summed E-state index contributed by atoms with van der Waals surface area (Å²) in [5.74, 6) is 1.26. The number of carbonyl (C=O) groups excluding carboxylic acids is 1. The van der Waals surface area contributed by atoms with Crippen LogP contribution in [0.4, 0.5) is 0 Å². The lowest BCUT2D eigenvalue weighted by molar-refractivity contribution is 0.0936. The van der Waals surface area contributed by atoms with E-state index < -0.39 is 0 Å². The summed E-state index contributed by atoms with van der Waals surface area (Å²) in [5, 5.41) is 8.30. The largest absolute Gasteiger partial charge is 0.361 e. The Morgan fingerprint density at radius 1 is 1.30 bits per heavy atom.